The highest BCUT2D eigenvalue weighted by atomic mass is 19.4. The minimum atomic E-state index is -4.93. The number of anilines is 2. The van der Waals surface area contributed by atoms with E-state index in [-0.39, 0.29) is 25.6 Å². The summed E-state index contributed by atoms with van der Waals surface area (Å²) in [5.74, 6) is -3.50. The first-order valence-corrected chi connectivity index (χ1v) is 10.8. The molecule has 0 spiro atoms. The van der Waals surface area contributed by atoms with Crippen LogP contribution in [0.5, 0.6) is 0 Å². The Balaban J connectivity index is 1.87. The molecule has 3 N–H and O–H groups in total. The SMILES string of the molecule is NC(=O)[C@H](C(=O)Nc1ccc(N2CCOCC2=O)c(C(F)(F)F)c1)N(CC1CCC1)CC(F)(F)F. The monoisotopic (exact) mass is 510 g/mol. The highest BCUT2D eigenvalue weighted by Crippen LogP contribution is 2.39. The van der Waals surface area contributed by atoms with Crippen LogP contribution in [0.25, 0.3) is 0 Å². The second kappa shape index (κ2) is 10.4. The quantitative estimate of drug-likeness (QED) is 0.413. The molecular weight excluding hydrogens is 486 g/mol. The maximum Gasteiger partial charge on any atom is 0.418 e. The molecule has 8 nitrogen and oxygen atoms in total. The van der Waals surface area contributed by atoms with Crippen LogP contribution < -0.4 is 16.0 Å². The molecule has 2 fully saturated rings. The number of nitrogens with two attached hydrogens (primary N) is 1. The Morgan fingerprint density at radius 1 is 1.20 bits per heavy atom. The lowest BCUT2D eigenvalue weighted by Gasteiger charge is -2.35. The number of hydrogen-bond donors (Lipinski definition) is 2. The zero-order chi connectivity index (χ0) is 26.0. The molecule has 1 saturated carbocycles. The summed E-state index contributed by atoms with van der Waals surface area (Å²) in [6.07, 6.45) is -7.62. The molecule has 1 saturated heterocycles. The molecule has 1 aliphatic heterocycles. The molecule has 1 aromatic carbocycles. The van der Waals surface area contributed by atoms with Gasteiger partial charge in [-0.1, -0.05) is 6.42 Å². The van der Waals surface area contributed by atoms with Crippen molar-refractivity contribution in [3.63, 3.8) is 0 Å². The van der Waals surface area contributed by atoms with E-state index in [0.29, 0.717) is 23.8 Å². The minimum Gasteiger partial charge on any atom is -0.370 e. The lowest BCUT2D eigenvalue weighted by Crippen LogP contribution is -2.56. The number of carbonyl (C=O) groups is 3. The summed E-state index contributed by atoms with van der Waals surface area (Å²) in [7, 11) is 0. The van der Waals surface area contributed by atoms with E-state index in [1.165, 1.54) is 0 Å². The standard InChI is InChI=1S/C21H24F6N4O4/c22-20(23,24)11-30(9-12-2-1-3-12)17(18(28)33)19(34)29-13-4-5-15(14(8-13)21(25,26)27)31-6-7-35-10-16(31)32/h4-5,8,12,17H,1-3,6-7,9-11H2,(H2,28,33)(H,29,34)/t17-/m1/s1. The van der Waals surface area contributed by atoms with Gasteiger partial charge in [0.05, 0.1) is 24.4 Å². The second-order valence-corrected chi connectivity index (χ2v) is 8.46. The van der Waals surface area contributed by atoms with E-state index in [1.807, 2.05) is 0 Å². The van der Waals surface area contributed by atoms with Crippen LogP contribution in [0.3, 0.4) is 0 Å². The number of hydrogen-bond acceptors (Lipinski definition) is 5. The van der Waals surface area contributed by atoms with Crippen molar-refractivity contribution in [1.29, 1.82) is 0 Å². The van der Waals surface area contributed by atoms with Crippen LogP contribution in [0.4, 0.5) is 37.7 Å². The predicted molar refractivity (Wildman–Crippen MR) is 111 cm³/mol. The van der Waals surface area contributed by atoms with Gasteiger partial charge >= 0.3 is 12.4 Å². The van der Waals surface area contributed by atoms with Crippen molar-refractivity contribution in [2.45, 2.75) is 37.7 Å². The number of benzene rings is 1. The van der Waals surface area contributed by atoms with Gasteiger partial charge in [0, 0.05) is 18.8 Å². The molecule has 1 aromatic rings. The lowest BCUT2D eigenvalue weighted by atomic mass is 9.84. The van der Waals surface area contributed by atoms with Crippen LogP contribution in [-0.4, -0.2) is 67.7 Å². The Morgan fingerprint density at radius 2 is 1.89 bits per heavy atom. The van der Waals surface area contributed by atoms with Crippen molar-refractivity contribution in [2.75, 3.05) is 43.1 Å². The van der Waals surface area contributed by atoms with Gasteiger partial charge in [0.1, 0.15) is 6.61 Å². The highest BCUT2D eigenvalue weighted by Gasteiger charge is 2.41. The van der Waals surface area contributed by atoms with Crippen molar-refractivity contribution >= 4 is 29.1 Å². The Bertz CT molecular complexity index is 964. The molecule has 0 radical (unpaired) electrons. The number of ether oxygens (including phenoxy) is 1. The number of rotatable bonds is 8. The van der Waals surface area contributed by atoms with Gasteiger partial charge < -0.3 is 20.7 Å². The average molecular weight is 510 g/mol. The van der Waals surface area contributed by atoms with Gasteiger partial charge in [-0.25, -0.2) is 0 Å². The zero-order valence-corrected chi connectivity index (χ0v) is 18.4. The number of carbonyl (C=O) groups excluding carboxylic acids is 3. The number of halogens is 6. The van der Waals surface area contributed by atoms with Gasteiger partial charge in [-0.15, -0.1) is 0 Å². The summed E-state index contributed by atoms with van der Waals surface area (Å²) >= 11 is 0. The molecule has 1 heterocycles. The van der Waals surface area contributed by atoms with E-state index >= 15 is 0 Å². The number of primary amides is 1. The van der Waals surface area contributed by atoms with Gasteiger partial charge in [-0.3, -0.25) is 19.3 Å². The maximum atomic E-state index is 13.7. The molecule has 14 heteroatoms. The van der Waals surface area contributed by atoms with Crippen LogP contribution in [0, 0.1) is 5.92 Å². The summed E-state index contributed by atoms with van der Waals surface area (Å²) in [6, 6.07) is 0.521. The van der Waals surface area contributed by atoms with Crippen molar-refractivity contribution in [3.05, 3.63) is 23.8 Å². The Morgan fingerprint density at radius 3 is 2.40 bits per heavy atom. The molecule has 3 amide bonds. The largest absolute Gasteiger partial charge is 0.418 e. The molecule has 0 unspecified atom stereocenters. The number of alkyl halides is 6. The molecule has 194 valence electrons. The first-order chi connectivity index (χ1) is 16.3. The normalized spacial score (nSPS) is 18.4. The fourth-order valence-corrected chi connectivity index (χ4v) is 4.03. The third-order valence-electron chi connectivity index (χ3n) is 5.83. The fourth-order valence-electron chi connectivity index (χ4n) is 4.03. The van der Waals surface area contributed by atoms with E-state index in [0.717, 1.165) is 23.5 Å². The molecule has 3 rings (SSSR count). The van der Waals surface area contributed by atoms with E-state index in [9.17, 15) is 40.7 Å². The highest BCUT2D eigenvalue weighted by molar-refractivity contribution is 6.09. The first kappa shape index (κ1) is 26.7. The minimum absolute atomic E-state index is 0.0256. The van der Waals surface area contributed by atoms with Crippen molar-refractivity contribution in [2.24, 2.45) is 11.7 Å². The van der Waals surface area contributed by atoms with Gasteiger partial charge in [-0.05, 0) is 37.0 Å². The molecular formula is C21H24F6N4O4. The summed E-state index contributed by atoms with van der Waals surface area (Å²) in [6.45, 7) is -2.29. The average Bonchev–Trinajstić information content (AvgIpc) is 2.69. The van der Waals surface area contributed by atoms with Crippen LogP contribution >= 0.6 is 0 Å². The molecule has 0 bridgehead atoms. The van der Waals surface area contributed by atoms with Gasteiger partial charge in [-0.2, -0.15) is 26.3 Å². The number of morpholine rings is 1. The number of nitrogens with zero attached hydrogens (tertiary/aromatic N) is 2. The van der Waals surface area contributed by atoms with Crippen LogP contribution in [0.1, 0.15) is 24.8 Å². The van der Waals surface area contributed by atoms with Crippen molar-refractivity contribution in [1.82, 2.24) is 4.90 Å². The second-order valence-electron chi connectivity index (χ2n) is 8.46. The van der Waals surface area contributed by atoms with Gasteiger partial charge in [0.2, 0.25) is 5.91 Å². The maximum absolute atomic E-state index is 13.7. The molecule has 1 aliphatic carbocycles. The summed E-state index contributed by atoms with van der Waals surface area (Å²) < 4.78 is 85.6. The Labute approximate surface area is 196 Å². The molecule has 35 heavy (non-hydrogen) atoms. The van der Waals surface area contributed by atoms with E-state index in [1.54, 1.807) is 0 Å². The number of amides is 3. The van der Waals surface area contributed by atoms with Gasteiger partial charge in [0.15, 0.2) is 6.04 Å². The van der Waals surface area contributed by atoms with Crippen molar-refractivity contribution < 1.29 is 45.5 Å². The summed E-state index contributed by atoms with van der Waals surface area (Å²) in [5.41, 5.74) is 3.11. The van der Waals surface area contributed by atoms with Crippen LogP contribution in [-0.2, 0) is 25.3 Å². The number of nitrogens with one attached hydrogen (secondary N) is 1. The first-order valence-electron chi connectivity index (χ1n) is 10.8. The molecule has 2 aliphatic rings. The third-order valence-corrected chi connectivity index (χ3v) is 5.83. The summed E-state index contributed by atoms with van der Waals surface area (Å²) in [4.78, 5) is 38.3. The predicted octanol–water partition coefficient (Wildman–Crippen LogP) is 2.53. The lowest BCUT2D eigenvalue weighted by molar-refractivity contribution is -0.159. The third kappa shape index (κ3) is 6.84. The molecule has 0 aromatic heterocycles. The van der Waals surface area contributed by atoms with Crippen LogP contribution in [0.2, 0.25) is 0 Å². The zero-order valence-electron chi connectivity index (χ0n) is 18.4. The van der Waals surface area contributed by atoms with Crippen LogP contribution in [0.15, 0.2) is 18.2 Å². The molecule has 1 atom stereocenters. The summed E-state index contributed by atoms with van der Waals surface area (Å²) in [5, 5.41) is 2.08. The van der Waals surface area contributed by atoms with E-state index in [2.05, 4.69) is 5.32 Å². The smallest absolute Gasteiger partial charge is 0.370 e. The van der Waals surface area contributed by atoms with E-state index < -0.39 is 66.2 Å². The van der Waals surface area contributed by atoms with Crippen molar-refractivity contribution in [3.8, 4) is 0 Å². The topological polar surface area (TPSA) is 105 Å². The Kier molecular flexibility index (Phi) is 7.94. The Hall–Kier alpha value is -2.87. The van der Waals surface area contributed by atoms with E-state index in [4.69, 9.17) is 10.5 Å². The fraction of sp³-hybridized carbons (Fsp3) is 0.571. The van der Waals surface area contributed by atoms with Gasteiger partial charge in [0.25, 0.3) is 11.8 Å².